The molecule has 18 heavy (non-hydrogen) atoms. The van der Waals surface area contributed by atoms with E-state index in [1.807, 2.05) is 19.2 Å². The van der Waals surface area contributed by atoms with E-state index in [0.717, 1.165) is 29.4 Å². The molecule has 0 saturated carbocycles. The molecule has 0 fully saturated rings. The number of aromatic nitrogens is 1. The lowest BCUT2D eigenvalue weighted by Crippen LogP contribution is -2.02. The number of benzene rings is 1. The molecule has 0 radical (unpaired) electrons. The first kappa shape index (κ1) is 12.6. The summed E-state index contributed by atoms with van der Waals surface area (Å²) in [4.78, 5) is 11.1. The van der Waals surface area contributed by atoms with Gasteiger partial charge in [0.05, 0.1) is 11.1 Å². The number of aromatic carboxylic acids is 1. The van der Waals surface area contributed by atoms with Crippen molar-refractivity contribution in [2.45, 2.75) is 26.3 Å². The molecule has 1 aromatic carbocycles. The highest BCUT2D eigenvalue weighted by Crippen LogP contribution is 2.23. The second kappa shape index (κ2) is 5.23. The minimum Gasteiger partial charge on any atom is -0.478 e. The van der Waals surface area contributed by atoms with Crippen molar-refractivity contribution < 1.29 is 15.0 Å². The van der Waals surface area contributed by atoms with Crippen LogP contribution in [-0.2, 0) is 13.0 Å². The van der Waals surface area contributed by atoms with Crippen LogP contribution >= 0.6 is 0 Å². The van der Waals surface area contributed by atoms with E-state index in [1.165, 1.54) is 0 Å². The van der Waals surface area contributed by atoms with Gasteiger partial charge in [-0.2, -0.15) is 0 Å². The standard InChI is InChI=1S/C14H17NO3/c1-2-10-8-12(14(17)18)9-11-4-6-15(13(10)11)5-3-7-16/h4,6,8-9,16H,2-3,5,7H2,1H3,(H,17,18). The van der Waals surface area contributed by atoms with Crippen molar-refractivity contribution in [3.05, 3.63) is 35.5 Å². The predicted octanol–water partition coefficient (Wildman–Crippen LogP) is 2.28. The van der Waals surface area contributed by atoms with Crippen molar-refractivity contribution in [3.63, 3.8) is 0 Å². The summed E-state index contributed by atoms with van der Waals surface area (Å²) in [6.45, 7) is 2.93. The maximum Gasteiger partial charge on any atom is 0.335 e. The number of nitrogens with zero attached hydrogens (tertiary/aromatic N) is 1. The lowest BCUT2D eigenvalue weighted by Gasteiger charge is -2.09. The van der Waals surface area contributed by atoms with E-state index in [0.29, 0.717) is 12.0 Å². The zero-order chi connectivity index (χ0) is 13.1. The van der Waals surface area contributed by atoms with Gasteiger partial charge in [0.2, 0.25) is 0 Å². The molecule has 0 atom stereocenters. The lowest BCUT2D eigenvalue weighted by molar-refractivity contribution is 0.0697. The van der Waals surface area contributed by atoms with E-state index in [-0.39, 0.29) is 6.61 Å². The van der Waals surface area contributed by atoms with Crippen LogP contribution in [-0.4, -0.2) is 27.4 Å². The third kappa shape index (κ3) is 2.24. The zero-order valence-electron chi connectivity index (χ0n) is 10.4. The summed E-state index contributed by atoms with van der Waals surface area (Å²) in [5.74, 6) is -0.894. The molecule has 0 aliphatic rings. The molecule has 0 unspecified atom stereocenters. The largest absolute Gasteiger partial charge is 0.478 e. The second-order valence-corrected chi connectivity index (χ2v) is 4.32. The number of aryl methyl sites for hydroxylation is 2. The quantitative estimate of drug-likeness (QED) is 0.852. The van der Waals surface area contributed by atoms with Gasteiger partial charge in [-0.3, -0.25) is 0 Å². The highest BCUT2D eigenvalue weighted by atomic mass is 16.4. The Hall–Kier alpha value is -1.81. The normalized spacial score (nSPS) is 11.0. The fourth-order valence-corrected chi connectivity index (χ4v) is 2.26. The summed E-state index contributed by atoms with van der Waals surface area (Å²) in [5.41, 5.74) is 2.45. The number of carboxylic acid groups (broad SMARTS) is 1. The van der Waals surface area contributed by atoms with Crippen LogP contribution in [0, 0.1) is 0 Å². The van der Waals surface area contributed by atoms with Crippen LogP contribution in [0.2, 0.25) is 0 Å². The SMILES string of the molecule is CCc1cc(C(=O)O)cc2ccn(CCCO)c12. The molecule has 96 valence electrons. The van der Waals surface area contributed by atoms with Gasteiger partial charge in [0, 0.05) is 24.7 Å². The minimum atomic E-state index is -0.894. The Labute approximate surface area is 105 Å². The average Bonchev–Trinajstić information content (AvgIpc) is 2.78. The number of carbonyl (C=O) groups is 1. The zero-order valence-corrected chi connectivity index (χ0v) is 10.4. The Morgan fingerprint density at radius 1 is 1.39 bits per heavy atom. The molecule has 4 heteroatoms. The molecule has 0 aliphatic carbocycles. The summed E-state index contributed by atoms with van der Waals surface area (Å²) in [5, 5.41) is 18.9. The topological polar surface area (TPSA) is 62.5 Å². The average molecular weight is 247 g/mol. The number of carboxylic acids is 1. The molecule has 0 saturated heterocycles. The first-order chi connectivity index (χ1) is 8.67. The number of fused-ring (bicyclic) bond motifs is 1. The third-order valence-corrected chi connectivity index (χ3v) is 3.12. The highest BCUT2D eigenvalue weighted by Gasteiger charge is 2.11. The van der Waals surface area contributed by atoms with Crippen molar-refractivity contribution in [2.24, 2.45) is 0 Å². The molecule has 2 N–H and O–H groups in total. The van der Waals surface area contributed by atoms with Crippen LogP contribution < -0.4 is 0 Å². The first-order valence-electron chi connectivity index (χ1n) is 6.13. The third-order valence-electron chi connectivity index (χ3n) is 3.12. The number of aliphatic hydroxyl groups is 1. The lowest BCUT2D eigenvalue weighted by atomic mass is 10.0. The van der Waals surface area contributed by atoms with Gasteiger partial charge < -0.3 is 14.8 Å². The molecule has 0 amide bonds. The molecular weight excluding hydrogens is 230 g/mol. The Bertz CT molecular complexity index is 572. The Morgan fingerprint density at radius 2 is 2.17 bits per heavy atom. The number of aliphatic hydroxyl groups excluding tert-OH is 1. The maximum atomic E-state index is 11.1. The van der Waals surface area contributed by atoms with E-state index >= 15 is 0 Å². The van der Waals surface area contributed by atoms with Crippen molar-refractivity contribution >= 4 is 16.9 Å². The summed E-state index contributed by atoms with van der Waals surface area (Å²) in [7, 11) is 0. The van der Waals surface area contributed by atoms with E-state index in [1.54, 1.807) is 12.1 Å². The Kier molecular flexibility index (Phi) is 3.67. The van der Waals surface area contributed by atoms with E-state index in [9.17, 15) is 4.79 Å². The molecule has 1 aromatic heterocycles. The molecule has 4 nitrogen and oxygen atoms in total. The van der Waals surface area contributed by atoms with E-state index in [4.69, 9.17) is 10.2 Å². The molecule has 0 bridgehead atoms. The fourth-order valence-electron chi connectivity index (χ4n) is 2.26. The molecular formula is C14H17NO3. The van der Waals surface area contributed by atoms with Crippen LogP contribution in [0.15, 0.2) is 24.4 Å². The van der Waals surface area contributed by atoms with Crippen LogP contribution in [0.5, 0.6) is 0 Å². The number of rotatable bonds is 5. The van der Waals surface area contributed by atoms with Gasteiger partial charge >= 0.3 is 5.97 Å². The second-order valence-electron chi connectivity index (χ2n) is 4.32. The van der Waals surface area contributed by atoms with Crippen molar-refractivity contribution in [2.75, 3.05) is 6.61 Å². The summed E-state index contributed by atoms with van der Waals surface area (Å²) < 4.78 is 2.08. The molecule has 2 aromatic rings. The van der Waals surface area contributed by atoms with Gasteiger partial charge in [-0.1, -0.05) is 6.92 Å². The van der Waals surface area contributed by atoms with Gasteiger partial charge in [0.15, 0.2) is 0 Å². The smallest absolute Gasteiger partial charge is 0.335 e. The van der Waals surface area contributed by atoms with Crippen molar-refractivity contribution in [3.8, 4) is 0 Å². The minimum absolute atomic E-state index is 0.161. The predicted molar refractivity (Wildman–Crippen MR) is 70.0 cm³/mol. The summed E-state index contributed by atoms with van der Waals surface area (Å²) in [6.07, 6.45) is 3.44. The fraction of sp³-hybridized carbons (Fsp3) is 0.357. The van der Waals surface area contributed by atoms with Crippen molar-refractivity contribution in [1.29, 1.82) is 0 Å². The first-order valence-corrected chi connectivity index (χ1v) is 6.13. The number of hydrogen-bond donors (Lipinski definition) is 2. The maximum absolute atomic E-state index is 11.1. The highest BCUT2D eigenvalue weighted by molar-refractivity contribution is 5.95. The van der Waals surface area contributed by atoms with E-state index in [2.05, 4.69) is 4.57 Å². The molecule has 2 rings (SSSR count). The van der Waals surface area contributed by atoms with Gasteiger partial charge in [-0.15, -0.1) is 0 Å². The van der Waals surface area contributed by atoms with Gasteiger partial charge in [0.25, 0.3) is 0 Å². The monoisotopic (exact) mass is 247 g/mol. The Morgan fingerprint density at radius 3 is 2.78 bits per heavy atom. The number of hydrogen-bond acceptors (Lipinski definition) is 2. The molecule has 0 aliphatic heterocycles. The van der Waals surface area contributed by atoms with Gasteiger partial charge in [-0.25, -0.2) is 4.79 Å². The molecule has 0 spiro atoms. The summed E-state index contributed by atoms with van der Waals surface area (Å²) in [6, 6.07) is 5.37. The van der Waals surface area contributed by atoms with Crippen LogP contribution in [0.1, 0.15) is 29.3 Å². The van der Waals surface area contributed by atoms with Crippen LogP contribution in [0.25, 0.3) is 10.9 Å². The summed E-state index contributed by atoms with van der Waals surface area (Å²) >= 11 is 0. The van der Waals surface area contributed by atoms with Crippen molar-refractivity contribution in [1.82, 2.24) is 4.57 Å². The van der Waals surface area contributed by atoms with Gasteiger partial charge in [-0.05, 0) is 36.6 Å². The van der Waals surface area contributed by atoms with Gasteiger partial charge in [0.1, 0.15) is 0 Å². The van der Waals surface area contributed by atoms with Crippen LogP contribution in [0.4, 0.5) is 0 Å². The molecule has 1 heterocycles. The Balaban J connectivity index is 2.55. The van der Waals surface area contributed by atoms with E-state index < -0.39 is 5.97 Å². The van der Waals surface area contributed by atoms with Crippen LogP contribution in [0.3, 0.4) is 0 Å².